The van der Waals surface area contributed by atoms with Crippen molar-refractivity contribution in [3.05, 3.63) is 467 Å². The minimum Gasteiger partial charge on any atom is -0.456 e. The number of fused-ring (bicyclic) bond motifs is 12. The normalized spacial score (nSPS) is 12.0. The largest absolute Gasteiger partial charge is 0.456 e. The van der Waals surface area contributed by atoms with Crippen LogP contribution in [-0.2, 0) is 0 Å². The van der Waals surface area contributed by atoms with Crippen molar-refractivity contribution in [3.8, 4) is 130 Å². The van der Waals surface area contributed by atoms with Crippen molar-refractivity contribution in [3.63, 3.8) is 0 Å². The number of benzene rings is 20. The molecule has 0 fully saturated rings. The van der Waals surface area contributed by atoms with Crippen LogP contribution >= 0.6 is 11.3 Å². The van der Waals surface area contributed by atoms with Crippen molar-refractivity contribution in [2.24, 2.45) is 0 Å². The van der Waals surface area contributed by atoms with Gasteiger partial charge in [0.05, 0.1) is 71.8 Å². The van der Waals surface area contributed by atoms with Gasteiger partial charge in [0.25, 0.3) is 0 Å². The summed E-state index contributed by atoms with van der Waals surface area (Å²) in [6.45, 7) is 0. The summed E-state index contributed by atoms with van der Waals surface area (Å²) in [5.74, 6) is 4.73. The van der Waals surface area contributed by atoms with Crippen molar-refractivity contribution >= 4 is 179 Å². The summed E-state index contributed by atoms with van der Waals surface area (Å²) in [7, 11) is 0. The van der Waals surface area contributed by atoms with Crippen LogP contribution in [0.1, 0.15) is 0 Å². The molecule has 0 atom stereocenters. The number of para-hydroxylation sites is 5. The van der Waals surface area contributed by atoms with Gasteiger partial charge in [0.1, 0.15) is 28.2 Å². The van der Waals surface area contributed by atoms with Crippen LogP contribution in [-0.4, -0.2) is 52.7 Å². The van der Waals surface area contributed by atoms with E-state index in [-0.39, 0.29) is 0 Å². The second-order valence-corrected chi connectivity index (χ2v) is 38.2. The Morgan fingerprint density at radius 2 is 0.524 bits per heavy atom. The highest BCUT2D eigenvalue weighted by Crippen LogP contribution is 2.53. The number of nitrogens with zero attached hydrogens (tertiary/aromatic N) is 11. The molecule has 0 unspecified atom stereocenters. The molecule has 0 aliphatic carbocycles. The minimum atomic E-state index is 0.608. The fourth-order valence-electron chi connectivity index (χ4n) is 22.8. The van der Waals surface area contributed by atoms with Crippen molar-refractivity contribution in [1.82, 2.24) is 52.7 Å². The first-order valence-electron chi connectivity index (χ1n) is 48.8. The van der Waals surface area contributed by atoms with Gasteiger partial charge in [0.15, 0.2) is 34.9 Å². The van der Waals surface area contributed by atoms with Crippen molar-refractivity contribution in [2.45, 2.75) is 0 Å². The zero-order chi connectivity index (χ0) is 95.0. The van der Waals surface area contributed by atoms with Gasteiger partial charge in [-0.2, -0.15) is 0 Å². The van der Waals surface area contributed by atoms with E-state index in [1.54, 1.807) is 0 Å². The molecule has 13 nitrogen and oxygen atoms in total. The zero-order valence-electron chi connectivity index (χ0n) is 77.6. The molecule has 0 amide bonds. The Hall–Kier alpha value is -19.4. The van der Waals surface area contributed by atoms with Crippen molar-refractivity contribution in [1.29, 1.82) is 0 Å². The molecule has 0 spiro atoms. The van der Waals surface area contributed by atoms with Gasteiger partial charge in [-0.3, -0.25) is 4.40 Å². The molecule has 0 saturated heterocycles. The molecule has 0 saturated carbocycles. The van der Waals surface area contributed by atoms with Crippen LogP contribution in [0.5, 0.6) is 0 Å². The van der Waals surface area contributed by atoms with E-state index >= 15 is 0 Å². The Balaban J connectivity index is 0.000000101. The van der Waals surface area contributed by atoms with Gasteiger partial charge in [-0.1, -0.05) is 364 Å². The van der Waals surface area contributed by atoms with Gasteiger partial charge in [0, 0.05) is 119 Å². The molecule has 0 bridgehead atoms. The predicted octanol–water partition coefficient (Wildman–Crippen LogP) is 34.4. The van der Waals surface area contributed by atoms with Crippen LogP contribution in [0.4, 0.5) is 0 Å². The molecule has 20 aromatic carbocycles. The van der Waals surface area contributed by atoms with E-state index < -0.39 is 0 Å². The first kappa shape index (κ1) is 81.6. The quantitative estimate of drug-likeness (QED) is 0.117. The topological polar surface area (TPSA) is 135 Å². The molecule has 0 aliphatic rings. The second-order valence-electron chi connectivity index (χ2n) is 37.1. The Morgan fingerprint density at radius 1 is 0.186 bits per heavy atom. The van der Waals surface area contributed by atoms with Gasteiger partial charge in [-0.05, 0) is 147 Å². The highest BCUT2D eigenvalue weighted by atomic mass is 32.1. The van der Waals surface area contributed by atoms with E-state index in [0.717, 1.165) is 166 Å². The van der Waals surface area contributed by atoms with E-state index in [9.17, 15) is 0 Å². The molecule has 32 rings (SSSR count). The molecule has 145 heavy (non-hydrogen) atoms. The Morgan fingerprint density at radius 3 is 1.00 bits per heavy atom. The Bertz CT molecular complexity index is 10600. The second kappa shape index (κ2) is 32.6. The first-order chi connectivity index (χ1) is 71.9. The summed E-state index contributed by atoms with van der Waals surface area (Å²) in [6.07, 6.45) is 0. The van der Waals surface area contributed by atoms with Gasteiger partial charge in [-0.15, -0.1) is 11.3 Å². The molecule has 32 aromatic rings. The lowest BCUT2D eigenvalue weighted by atomic mass is 9.96. The summed E-state index contributed by atoms with van der Waals surface area (Å²) < 4.78 is 25.3. The number of hydrogen-bond acceptors (Lipinski definition) is 10. The monoisotopic (exact) mass is 1870 g/mol. The number of thiophene rings is 1. The maximum Gasteiger partial charge on any atom is 0.181 e. The standard InChI is InChI=1S/C47H28N4O.C43H25N3S.C41H24N4O/c1-4-14-29(15-5-1)40-36-26-27-39-42-41-35(23-13-25-38(41)52-39)34-22-10-11-24-37(34)51(44(36)42)43(40)32-20-12-21-33(28-32)47-49-45(30-16-6-2-7-17-30)48-46(50-47)31-18-8-3-9-19-31;1-4-12-35-30(8-1)31-9-2-5-13-36(31)45(35)29-22-20-27(21-23-29)26-16-18-28(19-17-26)43-44-34-24-25-39-41-40-33(11-7-15-38(40)47-39)32-10-3-6-14-37(32)46(43)42(34)41;1-4-13-25(14-5-1)34-30-23-24-33-36-35-29(20-12-22-32(35)46-33)28-19-10-11-21-31(28)45(37(30)36)38(34)41-43-39(26-15-6-2-7-16-26)42-40(44-41)27-17-8-3-9-18-27/h1-28H;1-25H;1-24H. The van der Waals surface area contributed by atoms with Crippen LogP contribution in [0.15, 0.2) is 476 Å². The molecule has 0 N–H and O–H groups in total. The fraction of sp³-hybridized carbons (Fsp3) is 0. The SMILES string of the molecule is c1cc2sc3ccc4nc(-c5ccc(-c6ccc(-n7c8ccccc8c8ccccc87)cc6)cc5)n5c6ccccc6c(c1)c2c3c45.c1ccc(-c2nc(-c3ccccc3)nc(-c3c(-c4ccccc4)c4ccc5oc6cccc7c8ccccc8n3c4c5c67)n2)cc1.c1ccc(-c2nc(-c3ccccc3)nc(-c3cccc(-c4c(-c5ccccc5)c5ccc6oc7cccc8c9ccccc9n4c5c6c78)c3)n2)cc1. The third-order valence-corrected chi connectivity index (χ3v) is 30.2. The van der Waals surface area contributed by atoms with Gasteiger partial charge in [-0.25, -0.2) is 34.9 Å². The molecule has 0 aliphatic heterocycles. The number of rotatable bonds is 12. The summed E-state index contributed by atoms with van der Waals surface area (Å²) in [6, 6.07) is 164. The average molecular weight is 1870 g/mol. The van der Waals surface area contributed by atoms with E-state index in [4.69, 9.17) is 43.7 Å². The summed E-state index contributed by atoms with van der Waals surface area (Å²) in [5.41, 5.74) is 30.7. The van der Waals surface area contributed by atoms with Crippen LogP contribution in [0.25, 0.3) is 298 Å². The molecule has 12 aromatic heterocycles. The van der Waals surface area contributed by atoms with Crippen LogP contribution in [0.3, 0.4) is 0 Å². The van der Waals surface area contributed by atoms with E-state index in [0.29, 0.717) is 34.9 Å². The predicted molar refractivity (Wildman–Crippen MR) is 597 cm³/mol. The van der Waals surface area contributed by atoms with Gasteiger partial charge >= 0.3 is 0 Å². The highest BCUT2D eigenvalue weighted by molar-refractivity contribution is 7.26. The maximum atomic E-state index is 6.54. The summed E-state index contributed by atoms with van der Waals surface area (Å²) >= 11 is 1.87. The van der Waals surface area contributed by atoms with E-state index in [2.05, 4.69) is 364 Å². The van der Waals surface area contributed by atoms with Crippen LogP contribution in [0, 0.1) is 0 Å². The number of aromatic nitrogens is 11. The minimum absolute atomic E-state index is 0.608. The zero-order valence-corrected chi connectivity index (χ0v) is 78.4. The molecule has 674 valence electrons. The fourth-order valence-corrected chi connectivity index (χ4v) is 24.0. The van der Waals surface area contributed by atoms with Crippen molar-refractivity contribution in [2.75, 3.05) is 0 Å². The lowest BCUT2D eigenvalue weighted by Gasteiger charge is -2.12. The molecule has 12 heterocycles. The summed E-state index contributed by atoms with van der Waals surface area (Å²) in [5, 5.41) is 19.2. The molecular weight excluding hydrogens is 1790 g/mol. The molecule has 0 radical (unpaired) electrons. The van der Waals surface area contributed by atoms with Crippen molar-refractivity contribution < 1.29 is 8.83 Å². The van der Waals surface area contributed by atoms with Gasteiger partial charge < -0.3 is 22.2 Å². The third kappa shape index (κ3) is 12.8. The van der Waals surface area contributed by atoms with E-state index in [1.165, 1.54) is 96.6 Å². The average Bonchev–Trinajstić information content (AvgIpc) is 1.54. The number of hydrogen-bond donors (Lipinski definition) is 0. The lowest BCUT2D eigenvalue weighted by Crippen LogP contribution is -2.02. The number of imidazole rings is 1. The smallest absolute Gasteiger partial charge is 0.181 e. The molecule has 14 heteroatoms. The van der Waals surface area contributed by atoms with Gasteiger partial charge in [0.2, 0.25) is 0 Å². The van der Waals surface area contributed by atoms with Crippen LogP contribution < -0.4 is 0 Å². The van der Waals surface area contributed by atoms with Crippen LogP contribution in [0.2, 0.25) is 0 Å². The first-order valence-corrected chi connectivity index (χ1v) is 49.6. The highest BCUT2D eigenvalue weighted by Gasteiger charge is 2.32. The Labute approximate surface area is 831 Å². The maximum absolute atomic E-state index is 6.54. The van der Waals surface area contributed by atoms with E-state index in [1.807, 2.05) is 133 Å². The third-order valence-electron chi connectivity index (χ3n) is 29.1. The number of furan rings is 2. The Kier molecular flexibility index (Phi) is 18.3. The molecular formula is C131H77N11O2S. The lowest BCUT2D eigenvalue weighted by molar-refractivity contribution is 0.669. The summed E-state index contributed by atoms with van der Waals surface area (Å²) in [4.78, 5) is 35.9.